The average Bonchev–Trinajstić information content (AvgIpc) is 3.31. The molecule has 0 aliphatic carbocycles. The topological polar surface area (TPSA) is 34.6 Å². The maximum atomic E-state index is 9.45. The van der Waals surface area contributed by atoms with Crippen molar-refractivity contribution in [2.24, 2.45) is 0 Å². The van der Waals surface area contributed by atoms with Crippen molar-refractivity contribution in [2.45, 2.75) is 13.8 Å². The van der Waals surface area contributed by atoms with Gasteiger partial charge in [-0.25, -0.2) is 4.85 Å². The summed E-state index contributed by atoms with van der Waals surface area (Å²) in [6.07, 6.45) is 0. The highest BCUT2D eigenvalue weighted by Gasteiger charge is 2.23. The number of hydrogen-bond donors (Lipinski definition) is 0. The zero-order valence-electron chi connectivity index (χ0n) is 33.3. The fraction of sp³-hybridized carbons (Fsp3) is 0.0357. The van der Waals surface area contributed by atoms with Crippen LogP contribution in [0.2, 0.25) is 0 Å². The molecule has 0 aliphatic heterocycles. The number of nitrogens with zero attached hydrogens (tertiary/aromatic N) is 4. The molecule has 0 heterocycles. The summed E-state index contributed by atoms with van der Waals surface area (Å²) in [6.45, 7) is 11.8. The van der Waals surface area contributed by atoms with Crippen molar-refractivity contribution in [3.05, 3.63) is 222 Å². The second kappa shape index (κ2) is 15.0. The third-order valence-corrected chi connectivity index (χ3v) is 11.7. The van der Waals surface area contributed by atoms with Crippen LogP contribution >= 0.6 is 0 Å². The van der Waals surface area contributed by atoms with Gasteiger partial charge >= 0.3 is 0 Å². The summed E-state index contributed by atoms with van der Waals surface area (Å²) in [5.74, 6) is 0. The molecule has 0 unspecified atom stereocenters. The lowest BCUT2D eigenvalue weighted by molar-refractivity contribution is 1.26. The summed E-state index contributed by atoms with van der Waals surface area (Å²) in [5, 5.41) is 16.6. The van der Waals surface area contributed by atoms with Gasteiger partial charge in [-0.15, -0.1) is 0 Å². The number of nitriles is 1. The minimum Gasteiger partial charge on any atom is -0.310 e. The highest BCUT2D eigenvalue weighted by Crippen LogP contribution is 2.49. The van der Waals surface area contributed by atoms with Gasteiger partial charge in [0.1, 0.15) is 0 Å². The van der Waals surface area contributed by atoms with Gasteiger partial charge in [-0.3, -0.25) is 0 Å². The first kappa shape index (κ1) is 36.2. The van der Waals surface area contributed by atoms with E-state index in [1.807, 2.05) is 48.5 Å². The zero-order valence-corrected chi connectivity index (χ0v) is 33.3. The highest BCUT2D eigenvalue weighted by atomic mass is 15.2. The van der Waals surface area contributed by atoms with Crippen LogP contribution in [0.5, 0.6) is 0 Å². The summed E-state index contributed by atoms with van der Waals surface area (Å²) in [5.41, 5.74) is 14.4. The first-order valence-electron chi connectivity index (χ1n) is 20.1. The molecule has 0 spiro atoms. The van der Waals surface area contributed by atoms with E-state index < -0.39 is 0 Å². The average molecular weight is 767 g/mol. The molecule has 0 saturated carbocycles. The summed E-state index contributed by atoms with van der Waals surface area (Å²) < 4.78 is 0. The Hall–Kier alpha value is -8.18. The fourth-order valence-corrected chi connectivity index (χ4v) is 8.66. The molecule has 0 amide bonds. The fourth-order valence-electron chi connectivity index (χ4n) is 8.66. The number of hydrogen-bond acceptors (Lipinski definition) is 3. The van der Waals surface area contributed by atoms with Crippen LogP contribution < -0.4 is 9.80 Å². The summed E-state index contributed by atoms with van der Waals surface area (Å²) >= 11 is 0. The largest absolute Gasteiger partial charge is 0.310 e. The third kappa shape index (κ3) is 6.25. The van der Waals surface area contributed by atoms with Gasteiger partial charge in [0.05, 0.1) is 29.6 Å². The van der Waals surface area contributed by atoms with E-state index in [0.717, 1.165) is 67.5 Å². The van der Waals surface area contributed by atoms with Crippen molar-refractivity contribution in [3.8, 4) is 28.3 Å². The van der Waals surface area contributed by atoms with Crippen LogP contribution in [0.1, 0.15) is 16.7 Å². The number of benzene rings is 10. The lowest BCUT2D eigenvalue weighted by Crippen LogP contribution is -2.13. The Morgan fingerprint density at radius 2 is 0.850 bits per heavy atom. The van der Waals surface area contributed by atoms with Crippen LogP contribution in [0.15, 0.2) is 194 Å². The van der Waals surface area contributed by atoms with E-state index in [1.165, 1.54) is 32.3 Å². The lowest BCUT2D eigenvalue weighted by Gasteiger charge is -2.31. The molecule has 0 atom stereocenters. The molecule has 0 radical (unpaired) electrons. The molecule has 0 bridgehead atoms. The molecule has 0 N–H and O–H groups in total. The van der Waals surface area contributed by atoms with E-state index in [0.29, 0.717) is 11.3 Å². The second-order valence-electron chi connectivity index (χ2n) is 15.3. The lowest BCUT2D eigenvalue weighted by atomic mass is 9.91. The van der Waals surface area contributed by atoms with Gasteiger partial charge in [-0.2, -0.15) is 5.26 Å². The molecule has 0 aromatic heterocycles. The van der Waals surface area contributed by atoms with Crippen LogP contribution in [0.25, 0.3) is 59.4 Å². The van der Waals surface area contributed by atoms with Crippen molar-refractivity contribution in [2.75, 3.05) is 9.80 Å². The maximum Gasteiger partial charge on any atom is 0.187 e. The molecule has 0 fully saturated rings. The Labute approximate surface area is 350 Å². The first-order valence-corrected chi connectivity index (χ1v) is 20.1. The second-order valence-corrected chi connectivity index (χ2v) is 15.3. The van der Waals surface area contributed by atoms with E-state index in [-0.39, 0.29) is 0 Å². The normalized spacial score (nSPS) is 11.1. The molecular formula is C56H38N4. The van der Waals surface area contributed by atoms with Gasteiger partial charge in [0, 0.05) is 33.5 Å². The third-order valence-electron chi connectivity index (χ3n) is 11.7. The number of aryl methyl sites for hydroxylation is 2. The van der Waals surface area contributed by atoms with E-state index in [2.05, 4.69) is 180 Å². The standard InChI is InChI=1S/C56H38N4/c1-37-14-18-44(40-20-16-39(36-57)17-21-40)34-53(37)59(47-10-6-4-7-11-47)51-32-26-42-25-31-50-52(33-27-43-24-30-49(51)55(42)56(43)50)60(48-12-8-5-9-13-48)54-35-45(19-15-38(54)2)41-22-28-46(58-3)29-23-41/h4-35H,1-2H3. The van der Waals surface area contributed by atoms with Crippen molar-refractivity contribution in [3.63, 3.8) is 0 Å². The molecule has 0 saturated heterocycles. The van der Waals surface area contributed by atoms with Crippen molar-refractivity contribution < 1.29 is 0 Å². The Morgan fingerprint density at radius 1 is 0.433 bits per heavy atom. The predicted octanol–water partition coefficient (Wildman–Crippen LogP) is 15.9. The van der Waals surface area contributed by atoms with Gasteiger partial charge < -0.3 is 9.80 Å². The van der Waals surface area contributed by atoms with E-state index in [9.17, 15) is 5.26 Å². The Morgan fingerprint density at radius 3 is 1.28 bits per heavy atom. The van der Waals surface area contributed by atoms with Crippen molar-refractivity contribution >= 4 is 72.1 Å². The minimum absolute atomic E-state index is 0.632. The Kier molecular flexibility index (Phi) is 9.02. The van der Waals surface area contributed by atoms with Gasteiger partial charge in [0.2, 0.25) is 0 Å². The zero-order chi connectivity index (χ0) is 40.7. The first-order chi connectivity index (χ1) is 29.5. The molecule has 10 rings (SSSR count). The molecule has 10 aromatic carbocycles. The van der Waals surface area contributed by atoms with Crippen LogP contribution in [0.3, 0.4) is 0 Å². The molecule has 10 aromatic rings. The molecule has 4 heteroatoms. The van der Waals surface area contributed by atoms with Crippen molar-refractivity contribution in [1.82, 2.24) is 0 Å². The van der Waals surface area contributed by atoms with E-state index in [1.54, 1.807) is 0 Å². The van der Waals surface area contributed by atoms with Gasteiger partial charge in [0.25, 0.3) is 0 Å². The summed E-state index contributed by atoms with van der Waals surface area (Å²) in [7, 11) is 0. The van der Waals surface area contributed by atoms with E-state index >= 15 is 0 Å². The highest BCUT2D eigenvalue weighted by molar-refractivity contribution is 6.28. The Bertz CT molecular complexity index is 3060. The van der Waals surface area contributed by atoms with Crippen LogP contribution in [-0.2, 0) is 0 Å². The van der Waals surface area contributed by atoms with Gasteiger partial charge in [0.15, 0.2) is 5.69 Å². The Balaban J connectivity index is 1.19. The van der Waals surface area contributed by atoms with Crippen LogP contribution in [0, 0.1) is 31.8 Å². The number of anilines is 6. The maximum absolute atomic E-state index is 9.45. The number of para-hydroxylation sites is 2. The summed E-state index contributed by atoms with van der Waals surface area (Å²) in [4.78, 5) is 8.40. The number of rotatable bonds is 8. The van der Waals surface area contributed by atoms with Crippen molar-refractivity contribution in [1.29, 1.82) is 5.26 Å². The van der Waals surface area contributed by atoms with E-state index in [4.69, 9.17) is 6.57 Å². The quantitative estimate of drug-likeness (QED) is 0.114. The SMILES string of the molecule is [C-]#[N+]c1ccc(-c2ccc(C)c(N(c3ccccc3)c3ccc4ccc5c(N(c6ccccc6)c6cc(-c7ccc(C#N)cc7)ccc6C)ccc6ccc3c4c65)c2)cc1. The molecule has 4 nitrogen and oxygen atoms in total. The van der Waals surface area contributed by atoms with Gasteiger partial charge in [-0.1, -0.05) is 133 Å². The molecule has 0 aliphatic rings. The molecule has 282 valence electrons. The predicted molar refractivity (Wildman–Crippen MR) is 251 cm³/mol. The molecule has 60 heavy (non-hydrogen) atoms. The minimum atomic E-state index is 0.632. The van der Waals surface area contributed by atoms with Crippen LogP contribution in [0.4, 0.5) is 39.8 Å². The van der Waals surface area contributed by atoms with Gasteiger partial charge in [-0.05, 0) is 129 Å². The monoisotopic (exact) mass is 766 g/mol. The smallest absolute Gasteiger partial charge is 0.187 e. The summed E-state index contributed by atoms with van der Waals surface area (Å²) in [6, 6.07) is 70.6. The molecular weight excluding hydrogens is 729 g/mol. The van der Waals surface area contributed by atoms with Crippen LogP contribution in [-0.4, -0.2) is 0 Å².